The van der Waals surface area contributed by atoms with Crippen LogP contribution in [0.5, 0.6) is 0 Å². The minimum atomic E-state index is -0.859. The number of carboxylic acid groups (broad SMARTS) is 1. The third-order valence-corrected chi connectivity index (χ3v) is 2.76. The molecule has 1 aromatic heterocycles. The van der Waals surface area contributed by atoms with Crippen molar-refractivity contribution in [3.63, 3.8) is 0 Å². The first kappa shape index (κ1) is 13.8. The summed E-state index contributed by atoms with van der Waals surface area (Å²) in [7, 11) is 0. The maximum absolute atomic E-state index is 11.9. The molecule has 6 heteroatoms. The van der Waals surface area contributed by atoms with Gasteiger partial charge in [0, 0.05) is 24.5 Å². The molecule has 1 amide bonds. The number of nitrogens with one attached hydrogen (secondary N) is 1. The van der Waals surface area contributed by atoms with Crippen molar-refractivity contribution < 1.29 is 14.7 Å². The van der Waals surface area contributed by atoms with E-state index in [1.807, 2.05) is 12.1 Å². The highest BCUT2D eigenvalue weighted by Gasteiger charge is 2.08. The van der Waals surface area contributed by atoms with E-state index in [2.05, 4.69) is 10.4 Å². The Labute approximate surface area is 116 Å². The Bertz CT molecular complexity index is 593. The number of hydrogen-bond acceptors (Lipinski definition) is 3. The summed E-state index contributed by atoms with van der Waals surface area (Å²) < 4.78 is 1.52. The second-order valence-electron chi connectivity index (χ2n) is 4.30. The zero-order valence-corrected chi connectivity index (χ0v) is 10.8. The molecule has 2 aromatic rings. The third-order valence-electron chi connectivity index (χ3n) is 2.76. The zero-order valence-electron chi connectivity index (χ0n) is 10.8. The second kappa shape index (κ2) is 6.51. The van der Waals surface area contributed by atoms with E-state index in [-0.39, 0.29) is 18.9 Å². The van der Waals surface area contributed by atoms with Gasteiger partial charge in [0.2, 0.25) is 5.91 Å². The molecule has 0 aliphatic heterocycles. The third kappa shape index (κ3) is 3.94. The van der Waals surface area contributed by atoms with E-state index < -0.39 is 5.97 Å². The number of nitrogens with zero attached hydrogens (tertiary/aromatic N) is 2. The Hall–Kier alpha value is -2.63. The van der Waals surface area contributed by atoms with Gasteiger partial charge in [0.1, 0.15) is 6.54 Å². The number of aromatic nitrogens is 2. The molecule has 0 atom stereocenters. The molecule has 0 bridgehead atoms. The molecule has 1 aromatic carbocycles. The summed E-state index contributed by atoms with van der Waals surface area (Å²) in [5.41, 5.74) is 1.45. The molecule has 6 nitrogen and oxygen atoms in total. The van der Waals surface area contributed by atoms with E-state index in [0.29, 0.717) is 12.1 Å². The Balaban J connectivity index is 2.01. The van der Waals surface area contributed by atoms with Crippen molar-refractivity contribution in [3.8, 4) is 0 Å². The molecule has 2 N–H and O–H groups in total. The number of carbonyl (C=O) groups is 2. The first-order valence-corrected chi connectivity index (χ1v) is 6.22. The smallest absolute Gasteiger partial charge is 0.303 e. The summed E-state index contributed by atoms with van der Waals surface area (Å²) in [6.07, 6.45) is 3.73. The van der Waals surface area contributed by atoms with Crippen LogP contribution in [0.1, 0.15) is 12.0 Å². The van der Waals surface area contributed by atoms with E-state index in [4.69, 9.17) is 5.11 Å². The van der Waals surface area contributed by atoms with Gasteiger partial charge in [-0.1, -0.05) is 18.2 Å². The lowest BCUT2D eigenvalue weighted by molar-refractivity contribution is -0.136. The lowest BCUT2D eigenvalue weighted by Crippen LogP contribution is -2.19. The number of para-hydroxylation sites is 1. The Morgan fingerprint density at radius 2 is 2.05 bits per heavy atom. The topological polar surface area (TPSA) is 84.2 Å². The summed E-state index contributed by atoms with van der Waals surface area (Å²) in [4.78, 5) is 22.5. The SMILES string of the molecule is O=C(O)CCc1ccccc1NC(=O)Cn1cccn1. The number of carbonyl (C=O) groups excluding carboxylic acids is 1. The fourth-order valence-corrected chi connectivity index (χ4v) is 1.83. The van der Waals surface area contributed by atoms with Crippen molar-refractivity contribution in [2.45, 2.75) is 19.4 Å². The molecule has 2 rings (SSSR count). The van der Waals surface area contributed by atoms with Gasteiger partial charge >= 0.3 is 5.97 Å². The minimum Gasteiger partial charge on any atom is -0.481 e. The fraction of sp³-hybridized carbons (Fsp3) is 0.214. The highest BCUT2D eigenvalue weighted by molar-refractivity contribution is 5.91. The maximum Gasteiger partial charge on any atom is 0.303 e. The van der Waals surface area contributed by atoms with Crippen LogP contribution >= 0.6 is 0 Å². The van der Waals surface area contributed by atoms with Gasteiger partial charge in [0.05, 0.1) is 0 Å². The summed E-state index contributed by atoms with van der Waals surface area (Å²) in [5, 5.41) is 15.5. The molecular weight excluding hydrogens is 258 g/mol. The second-order valence-corrected chi connectivity index (χ2v) is 4.30. The number of amides is 1. The number of benzene rings is 1. The average Bonchev–Trinajstić information content (AvgIpc) is 2.90. The van der Waals surface area contributed by atoms with Gasteiger partial charge in [-0.25, -0.2) is 0 Å². The van der Waals surface area contributed by atoms with Gasteiger partial charge in [0.15, 0.2) is 0 Å². The van der Waals surface area contributed by atoms with Crippen LogP contribution < -0.4 is 5.32 Å². The Kier molecular flexibility index (Phi) is 4.49. The van der Waals surface area contributed by atoms with Crippen LogP contribution in [-0.4, -0.2) is 26.8 Å². The first-order valence-electron chi connectivity index (χ1n) is 6.22. The van der Waals surface area contributed by atoms with Crippen LogP contribution in [0, 0.1) is 0 Å². The normalized spacial score (nSPS) is 10.2. The molecule has 104 valence electrons. The minimum absolute atomic E-state index is 0.0338. The molecule has 20 heavy (non-hydrogen) atoms. The van der Waals surface area contributed by atoms with E-state index in [1.165, 1.54) is 4.68 Å². The first-order chi connectivity index (χ1) is 9.65. The molecule has 0 aliphatic carbocycles. The summed E-state index contributed by atoms with van der Waals surface area (Å²) in [5.74, 6) is -1.06. The Morgan fingerprint density at radius 3 is 2.75 bits per heavy atom. The monoisotopic (exact) mass is 273 g/mol. The van der Waals surface area contributed by atoms with Crippen molar-refractivity contribution in [2.24, 2.45) is 0 Å². The van der Waals surface area contributed by atoms with E-state index in [9.17, 15) is 9.59 Å². The Morgan fingerprint density at radius 1 is 1.25 bits per heavy atom. The lowest BCUT2D eigenvalue weighted by Gasteiger charge is -2.10. The number of anilines is 1. The predicted molar refractivity (Wildman–Crippen MR) is 73.3 cm³/mol. The van der Waals surface area contributed by atoms with Crippen LogP contribution in [0.3, 0.4) is 0 Å². The van der Waals surface area contributed by atoms with Crippen molar-refractivity contribution in [1.29, 1.82) is 0 Å². The zero-order chi connectivity index (χ0) is 14.4. The molecule has 1 heterocycles. The van der Waals surface area contributed by atoms with Gasteiger partial charge in [-0.05, 0) is 24.1 Å². The highest BCUT2D eigenvalue weighted by atomic mass is 16.4. The van der Waals surface area contributed by atoms with Crippen LogP contribution in [0.15, 0.2) is 42.7 Å². The van der Waals surface area contributed by atoms with Gasteiger partial charge in [-0.2, -0.15) is 5.10 Å². The van der Waals surface area contributed by atoms with Crippen LogP contribution in [0.25, 0.3) is 0 Å². The predicted octanol–water partition coefficient (Wildman–Crippen LogP) is 1.54. The number of aryl methyl sites for hydroxylation is 1. The van der Waals surface area contributed by atoms with Gasteiger partial charge in [-0.3, -0.25) is 14.3 Å². The molecule has 0 spiro atoms. The molecule has 0 unspecified atom stereocenters. The standard InChI is InChI=1S/C14H15N3O3/c18-13(10-17-9-3-8-15-17)16-12-5-2-1-4-11(12)6-7-14(19)20/h1-5,8-9H,6-7,10H2,(H,16,18)(H,19,20). The maximum atomic E-state index is 11.9. The summed E-state index contributed by atoms with van der Waals surface area (Å²) >= 11 is 0. The number of aliphatic carboxylic acids is 1. The number of rotatable bonds is 6. The molecule has 0 radical (unpaired) electrons. The quantitative estimate of drug-likeness (QED) is 0.836. The molecule has 0 saturated heterocycles. The fourth-order valence-electron chi connectivity index (χ4n) is 1.83. The van der Waals surface area contributed by atoms with Crippen LogP contribution in [0.2, 0.25) is 0 Å². The van der Waals surface area contributed by atoms with Crippen LogP contribution in [0.4, 0.5) is 5.69 Å². The average molecular weight is 273 g/mol. The van der Waals surface area contributed by atoms with Crippen molar-refractivity contribution in [3.05, 3.63) is 48.3 Å². The highest BCUT2D eigenvalue weighted by Crippen LogP contribution is 2.16. The van der Waals surface area contributed by atoms with Crippen molar-refractivity contribution in [1.82, 2.24) is 9.78 Å². The van der Waals surface area contributed by atoms with Gasteiger partial charge < -0.3 is 10.4 Å². The van der Waals surface area contributed by atoms with Gasteiger partial charge in [0.25, 0.3) is 0 Å². The van der Waals surface area contributed by atoms with E-state index >= 15 is 0 Å². The lowest BCUT2D eigenvalue weighted by atomic mass is 10.1. The largest absolute Gasteiger partial charge is 0.481 e. The van der Waals surface area contributed by atoms with E-state index in [1.54, 1.807) is 30.6 Å². The summed E-state index contributed by atoms with van der Waals surface area (Å²) in [6.45, 7) is 0.125. The van der Waals surface area contributed by atoms with Crippen LogP contribution in [-0.2, 0) is 22.6 Å². The van der Waals surface area contributed by atoms with E-state index in [0.717, 1.165) is 5.56 Å². The number of hydrogen-bond donors (Lipinski definition) is 2. The summed E-state index contributed by atoms with van der Waals surface area (Å²) in [6, 6.07) is 8.94. The molecule has 0 aliphatic rings. The van der Waals surface area contributed by atoms with Crippen molar-refractivity contribution >= 4 is 17.6 Å². The van der Waals surface area contributed by atoms with Gasteiger partial charge in [-0.15, -0.1) is 0 Å². The number of carboxylic acids is 1. The van der Waals surface area contributed by atoms with Crippen molar-refractivity contribution in [2.75, 3.05) is 5.32 Å². The molecule has 0 saturated carbocycles. The molecular formula is C14H15N3O3. The molecule has 0 fully saturated rings.